The third-order valence-electron chi connectivity index (χ3n) is 7.57. The Balaban J connectivity index is 1.51. The molecular weight excluding hydrogens is 502 g/mol. The van der Waals surface area contributed by atoms with Crippen LogP contribution in [0.5, 0.6) is 0 Å². The van der Waals surface area contributed by atoms with Crippen LogP contribution in [0.3, 0.4) is 0 Å². The molecule has 2 aromatic heterocycles. The lowest BCUT2D eigenvalue weighted by atomic mass is 10.1. The maximum absolute atomic E-state index is 13.6. The van der Waals surface area contributed by atoms with Crippen molar-refractivity contribution in [2.45, 2.75) is 0 Å². The van der Waals surface area contributed by atoms with Crippen molar-refractivity contribution in [2.24, 2.45) is 0 Å². The second kappa shape index (κ2) is 7.87. The molecule has 182 valence electrons. The quantitative estimate of drug-likeness (QED) is 0.219. The van der Waals surface area contributed by atoms with E-state index in [9.17, 15) is 14.9 Å². The Morgan fingerprint density at radius 2 is 1.31 bits per heavy atom. The Morgan fingerprint density at radius 3 is 2.08 bits per heavy atom. The molecule has 2 amide bonds. The number of amides is 2. The van der Waals surface area contributed by atoms with Crippen molar-refractivity contribution in [3.63, 3.8) is 0 Å². The molecule has 0 saturated heterocycles. The van der Waals surface area contributed by atoms with E-state index in [1.807, 2.05) is 24.3 Å². The SMILES string of the molecule is N#Cc1cccc(-n2c3ccccc3c3c4c(ccc32)sc2ccccc24)c1N1C(=O)c2ccccc2C1=O. The molecule has 0 aliphatic carbocycles. The van der Waals surface area contributed by atoms with E-state index < -0.39 is 11.8 Å². The highest BCUT2D eigenvalue weighted by Gasteiger charge is 2.39. The number of carbonyl (C=O) groups is 2. The summed E-state index contributed by atoms with van der Waals surface area (Å²) in [5.41, 5.74) is 3.72. The molecule has 6 heteroatoms. The van der Waals surface area contributed by atoms with Crippen LogP contribution >= 0.6 is 11.3 Å². The van der Waals surface area contributed by atoms with Crippen LogP contribution in [-0.4, -0.2) is 16.4 Å². The fraction of sp³-hybridized carbons (Fsp3) is 0. The summed E-state index contributed by atoms with van der Waals surface area (Å²) >= 11 is 1.76. The lowest BCUT2D eigenvalue weighted by Crippen LogP contribution is -2.31. The number of benzene rings is 5. The molecule has 0 N–H and O–H groups in total. The van der Waals surface area contributed by atoms with E-state index in [0.717, 1.165) is 26.7 Å². The average Bonchev–Trinajstić information content (AvgIpc) is 3.60. The molecule has 0 spiro atoms. The first-order chi connectivity index (χ1) is 19.2. The minimum absolute atomic E-state index is 0.259. The highest BCUT2D eigenvalue weighted by Crippen LogP contribution is 2.45. The Kier molecular flexibility index (Phi) is 4.40. The summed E-state index contributed by atoms with van der Waals surface area (Å²) in [5, 5.41) is 14.7. The Hall–Kier alpha value is -5.25. The van der Waals surface area contributed by atoms with Crippen LogP contribution in [0.1, 0.15) is 26.3 Å². The normalized spacial score (nSPS) is 13.2. The molecule has 0 radical (unpaired) electrons. The second-order valence-electron chi connectivity index (χ2n) is 9.56. The van der Waals surface area contributed by atoms with Crippen molar-refractivity contribution in [1.82, 2.24) is 4.57 Å². The van der Waals surface area contributed by atoms with E-state index in [1.54, 1.807) is 47.7 Å². The van der Waals surface area contributed by atoms with Crippen molar-refractivity contribution in [2.75, 3.05) is 4.90 Å². The molecule has 0 saturated carbocycles. The van der Waals surface area contributed by atoms with E-state index in [4.69, 9.17) is 0 Å². The molecule has 5 nitrogen and oxygen atoms in total. The maximum Gasteiger partial charge on any atom is 0.266 e. The van der Waals surface area contributed by atoms with Crippen LogP contribution in [0.25, 0.3) is 47.7 Å². The van der Waals surface area contributed by atoms with Gasteiger partial charge in [0.15, 0.2) is 0 Å². The monoisotopic (exact) mass is 519 g/mol. The average molecular weight is 520 g/mol. The standard InChI is InChI=1S/C33H17N3O2S/c34-18-19-8-7-14-26(31(19)36-32(37)20-9-1-2-10-21(20)33(36)38)35-24-13-5-3-11-22(24)29-25(35)16-17-28-30(29)23-12-4-6-15-27(23)39-28/h1-17H. The van der Waals surface area contributed by atoms with Gasteiger partial charge < -0.3 is 4.57 Å². The molecule has 8 rings (SSSR count). The minimum Gasteiger partial charge on any atom is -0.307 e. The number of para-hydroxylation sites is 2. The number of nitriles is 1. The number of fused-ring (bicyclic) bond motifs is 8. The first-order valence-electron chi connectivity index (χ1n) is 12.5. The van der Waals surface area contributed by atoms with E-state index >= 15 is 0 Å². The highest BCUT2D eigenvalue weighted by atomic mass is 32.1. The largest absolute Gasteiger partial charge is 0.307 e. The number of aromatic nitrogens is 1. The molecule has 0 bridgehead atoms. The van der Waals surface area contributed by atoms with Crippen LogP contribution < -0.4 is 4.90 Å². The van der Waals surface area contributed by atoms with Crippen molar-refractivity contribution in [1.29, 1.82) is 5.26 Å². The van der Waals surface area contributed by atoms with Gasteiger partial charge in [0.05, 0.1) is 39.1 Å². The summed E-state index contributed by atoms with van der Waals surface area (Å²) in [4.78, 5) is 28.4. The Labute approximate surface area is 226 Å². The number of carbonyl (C=O) groups excluding carboxylic acids is 2. The van der Waals surface area contributed by atoms with E-state index in [0.29, 0.717) is 22.5 Å². The predicted octanol–water partition coefficient (Wildman–Crippen LogP) is 7.82. The van der Waals surface area contributed by atoms with Gasteiger partial charge >= 0.3 is 0 Å². The minimum atomic E-state index is -0.425. The molecular formula is C33H17N3O2S. The summed E-state index contributed by atoms with van der Waals surface area (Å²) in [6.07, 6.45) is 0. The first-order valence-corrected chi connectivity index (χ1v) is 13.3. The van der Waals surface area contributed by atoms with Gasteiger partial charge in [-0.15, -0.1) is 11.3 Å². The zero-order valence-electron chi connectivity index (χ0n) is 20.4. The van der Waals surface area contributed by atoms with E-state index in [-0.39, 0.29) is 5.56 Å². The number of imide groups is 1. The second-order valence-corrected chi connectivity index (χ2v) is 10.6. The van der Waals surface area contributed by atoms with Gasteiger partial charge in [0, 0.05) is 30.9 Å². The van der Waals surface area contributed by atoms with Crippen molar-refractivity contribution < 1.29 is 9.59 Å². The van der Waals surface area contributed by atoms with Crippen molar-refractivity contribution >= 4 is 70.8 Å². The number of nitrogens with zero attached hydrogens (tertiary/aromatic N) is 3. The lowest BCUT2D eigenvalue weighted by Gasteiger charge is -2.21. The molecule has 0 fully saturated rings. The van der Waals surface area contributed by atoms with Gasteiger partial charge in [0.2, 0.25) is 0 Å². The van der Waals surface area contributed by atoms with E-state index in [2.05, 4.69) is 53.1 Å². The van der Waals surface area contributed by atoms with Gasteiger partial charge in [-0.1, -0.05) is 54.6 Å². The third-order valence-corrected chi connectivity index (χ3v) is 8.71. The van der Waals surface area contributed by atoms with Gasteiger partial charge in [0.25, 0.3) is 11.8 Å². The molecule has 0 unspecified atom stereocenters. The predicted molar refractivity (Wildman–Crippen MR) is 156 cm³/mol. The summed E-state index contributed by atoms with van der Waals surface area (Å²) in [7, 11) is 0. The third kappa shape index (κ3) is 2.82. The fourth-order valence-electron chi connectivity index (χ4n) is 5.96. The summed E-state index contributed by atoms with van der Waals surface area (Å²) in [5.74, 6) is -0.849. The van der Waals surface area contributed by atoms with Crippen LogP contribution in [0, 0.1) is 11.3 Å². The van der Waals surface area contributed by atoms with Gasteiger partial charge in [-0.25, -0.2) is 4.90 Å². The van der Waals surface area contributed by atoms with E-state index in [1.165, 1.54) is 20.2 Å². The molecule has 7 aromatic rings. The highest BCUT2D eigenvalue weighted by molar-refractivity contribution is 7.26. The Bertz CT molecular complexity index is 2210. The number of thiophene rings is 1. The fourth-order valence-corrected chi connectivity index (χ4v) is 7.08. The molecule has 39 heavy (non-hydrogen) atoms. The summed E-state index contributed by atoms with van der Waals surface area (Å²) < 4.78 is 4.49. The van der Waals surface area contributed by atoms with Gasteiger partial charge in [0.1, 0.15) is 6.07 Å². The smallest absolute Gasteiger partial charge is 0.266 e. The maximum atomic E-state index is 13.6. The Morgan fingerprint density at radius 1 is 0.615 bits per heavy atom. The number of hydrogen-bond acceptors (Lipinski definition) is 4. The molecule has 3 heterocycles. The summed E-state index contributed by atoms with van der Waals surface area (Å²) in [6.45, 7) is 0. The van der Waals surface area contributed by atoms with Crippen LogP contribution in [-0.2, 0) is 0 Å². The first kappa shape index (κ1) is 21.8. The van der Waals surface area contributed by atoms with Crippen molar-refractivity contribution in [3.05, 3.63) is 120 Å². The van der Waals surface area contributed by atoms with Gasteiger partial charge in [-0.2, -0.15) is 5.26 Å². The number of rotatable bonds is 2. The number of anilines is 1. The van der Waals surface area contributed by atoms with Crippen LogP contribution in [0.15, 0.2) is 103 Å². The molecule has 1 aliphatic heterocycles. The zero-order valence-corrected chi connectivity index (χ0v) is 21.2. The van der Waals surface area contributed by atoms with Crippen molar-refractivity contribution in [3.8, 4) is 11.8 Å². The topological polar surface area (TPSA) is 66.1 Å². The van der Waals surface area contributed by atoms with Crippen LogP contribution in [0.4, 0.5) is 5.69 Å². The summed E-state index contributed by atoms with van der Waals surface area (Å²) in [6, 6.07) is 35.2. The van der Waals surface area contributed by atoms with Gasteiger partial charge in [-0.3, -0.25) is 9.59 Å². The molecule has 5 aromatic carbocycles. The zero-order chi connectivity index (χ0) is 26.2. The molecule has 0 atom stereocenters. The van der Waals surface area contributed by atoms with Crippen LogP contribution in [0.2, 0.25) is 0 Å². The number of hydrogen-bond donors (Lipinski definition) is 0. The molecule has 1 aliphatic rings. The lowest BCUT2D eigenvalue weighted by molar-refractivity contribution is 0.0926. The van der Waals surface area contributed by atoms with Gasteiger partial charge in [-0.05, 0) is 48.5 Å².